The topological polar surface area (TPSA) is 124 Å². The maximum Gasteiger partial charge on any atom is 1.00 e. The summed E-state index contributed by atoms with van der Waals surface area (Å²) in [5.74, 6) is -2.13. The molecule has 1 heterocycles. The van der Waals surface area contributed by atoms with Gasteiger partial charge in [-0.1, -0.05) is 42.5 Å². The van der Waals surface area contributed by atoms with Gasteiger partial charge in [-0.25, -0.2) is 8.78 Å². The second-order valence-electron chi connectivity index (χ2n) is 11.3. The number of hydrogen-bond donors (Lipinski definition) is 3. The zero-order valence-electron chi connectivity index (χ0n) is 27.0. The molecular weight excluding hydrogens is 617 g/mol. The van der Waals surface area contributed by atoms with Gasteiger partial charge in [0.15, 0.2) is 0 Å². The second-order valence-corrected chi connectivity index (χ2v) is 11.3. The molecule has 0 spiro atoms. The molecule has 0 unspecified atom stereocenters. The summed E-state index contributed by atoms with van der Waals surface area (Å²) >= 11 is 0. The maximum atomic E-state index is 14.3. The first kappa shape index (κ1) is 37.7. The number of hydrogen-bond acceptors (Lipinski definition) is 6. The standard InChI is InChI=1S/C36H38F2N2O6.Na/c1-21(2)40-31(18-15-28(41)19-29(42)20-32(43)44)33(24-5-11-26(37)12-6-24)34(25-7-13-27(38)14-8-25)35(40)36(45)39-22(3)23-9-16-30(46-4)17-10-23;/h5-18,21-22,28-29,41-42H,19-20H2,1-4H3,(H,39,45)(H,43,44);/q;+1/p-1/b18-15+;/t22-,28-,29-;/m1./s1. The first-order valence-corrected chi connectivity index (χ1v) is 14.9. The molecule has 3 aromatic carbocycles. The van der Waals surface area contributed by atoms with E-state index in [9.17, 15) is 33.7 Å². The number of carbonyl (C=O) groups is 2. The number of methoxy groups -OCH3 is 1. The van der Waals surface area contributed by atoms with Crippen molar-refractivity contribution in [3.63, 3.8) is 0 Å². The number of rotatable bonds is 13. The summed E-state index contributed by atoms with van der Waals surface area (Å²) in [5.41, 5.74) is 3.65. The van der Waals surface area contributed by atoms with E-state index in [1.807, 2.05) is 32.9 Å². The number of halogens is 2. The van der Waals surface area contributed by atoms with E-state index in [1.165, 1.54) is 30.3 Å². The van der Waals surface area contributed by atoms with Crippen molar-refractivity contribution < 1.29 is 68.0 Å². The predicted octanol–water partition coefficient (Wildman–Crippen LogP) is 2.45. The van der Waals surface area contributed by atoms with Crippen molar-refractivity contribution in [1.82, 2.24) is 9.88 Å². The molecule has 11 heteroatoms. The minimum atomic E-state index is -1.44. The van der Waals surface area contributed by atoms with Crippen molar-refractivity contribution in [2.75, 3.05) is 7.11 Å². The summed E-state index contributed by atoms with van der Waals surface area (Å²) in [7, 11) is 1.57. The van der Waals surface area contributed by atoms with Crippen molar-refractivity contribution in [2.45, 2.75) is 57.9 Å². The first-order valence-electron chi connectivity index (χ1n) is 14.9. The van der Waals surface area contributed by atoms with Crippen molar-refractivity contribution in [3.05, 3.63) is 107 Å². The number of aliphatic hydroxyl groups is 2. The van der Waals surface area contributed by atoms with Gasteiger partial charge in [0, 0.05) is 41.7 Å². The molecule has 47 heavy (non-hydrogen) atoms. The molecule has 4 rings (SSSR count). The number of nitrogens with one attached hydrogen (secondary N) is 1. The molecule has 0 aliphatic heterocycles. The van der Waals surface area contributed by atoms with E-state index >= 15 is 0 Å². The van der Waals surface area contributed by atoms with Gasteiger partial charge in [0.2, 0.25) is 0 Å². The number of carbonyl (C=O) groups excluding carboxylic acids is 2. The van der Waals surface area contributed by atoms with Crippen LogP contribution >= 0.6 is 0 Å². The third-order valence-electron chi connectivity index (χ3n) is 7.60. The van der Waals surface area contributed by atoms with E-state index in [1.54, 1.807) is 54.2 Å². The SMILES string of the molecule is COc1ccc([C@@H](C)NC(=O)c2c(-c3ccc(F)cc3)c(-c3ccc(F)cc3)c(/C=C/[C@@H](O)C[C@@H](O)CC(=O)[O-])n2C(C)C)cc1.[Na+]. The summed E-state index contributed by atoms with van der Waals surface area (Å²) in [6.45, 7) is 5.60. The Bertz CT molecular complexity index is 1690. The van der Waals surface area contributed by atoms with Crippen molar-refractivity contribution in [1.29, 1.82) is 0 Å². The molecule has 1 amide bonds. The molecule has 3 N–H and O–H groups in total. The Morgan fingerprint density at radius 1 is 0.894 bits per heavy atom. The number of amides is 1. The minimum Gasteiger partial charge on any atom is -0.550 e. The van der Waals surface area contributed by atoms with Crippen LogP contribution in [0.3, 0.4) is 0 Å². The number of carboxylic acids is 1. The Labute approximate surface area is 295 Å². The molecule has 0 aliphatic rings. The number of carboxylic acid groups (broad SMARTS) is 1. The van der Waals surface area contributed by atoms with Gasteiger partial charge >= 0.3 is 29.6 Å². The Morgan fingerprint density at radius 2 is 1.43 bits per heavy atom. The van der Waals surface area contributed by atoms with Gasteiger partial charge in [-0.05, 0) is 79.9 Å². The normalized spacial score (nSPS) is 13.2. The maximum absolute atomic E-state index is 14.3. The molecule has 0 aliphatic carbocycles. The molecule has 0 saturated heterocycles. The summed E-state index contributed by atoms with van der Waals surface area (Å²) in [6.07, 6.45) is -0.501. The smallest absolute Gasteiger partial charge is 0.550 e. The largest absolute Gasteiger partial charge is 1.00 e. The van der Waals surface area contributed by atoms with Crippen LogP contribution in [0.4, 0.5) is 8.78 Å². The molecule has 0 saturated carbocycles. The number of ether oxygens (including phenoxy) is 1. The quantitative estimate of drug-likeness (QED) is 0.191. The van der Waals surface area contributed by atoms with Gasteiger partial charge in [-0.3, -0.25) is 4.79 Å². The minimum absolute atomic E-state index is 0. The Morgan fingerprint density at radius 3 is 1.91 bits per heavy atom. The molecular formula is C36H37F2N2NaO6. The Kier molecular flexibility index (Phi) is 13.5. The van der Waals surface area contributed by atoms with Crippen LogP contribution in [-0.4, -0.2) is 46.0 Å². The van der Waals surface area contributed by atoms with Crippen LogP contribution in [0, 0.1) is 11.6 Å². The summed E-state index contributed by atoms with van der Waals surface area (Å²) in [5, 5.41) is 34.7. The van der Waals surface area contributed by atoms with Crippen LogP contribution in [0.2, 0.25) is 0 Å². The monoisotopic (exact) mass is 654 g/mol. The third-order valence-corrected chi connectivity index (χ3v) is 7.60. The number of aliphatic hydroxyl groups excluding tert-OH is 2. The van der Waals surface area contributed by atoms with Crippen LogP contribution in [0.1, 0.15) is 67.4 Å². The third kappa shape index (κ3) is 9.39. The summed E-state index contributed by atoms with van der Waals surface area (Å²) in [6, 6.07) is 18.0. The van der Waals surface area contributed by atoms with Gasteiger partial charge in [0.1, 0.15) is 23.1 Å². The molecule has 0 radical (unpaired) electrons. The van der Waals surface area contributed by atoms with E-state index in [-0.39, 0.29) is 47.7 Å². The Balaban J connectivity index is 0.00000600. The van der Waals surface area contributed by atoms with Crippen molar-refractivity contribution in [3.8, 4) is 28.0 Å². The van der Waals surface area contributed by atoms with Crippen molar-refractivity contribution in [2.24, 2.45) is 0 Å². The van der Waals surface area contributed by atoms with Crippen LogP contribution in [0.25, 0.3) is 28.3 Å². The first-order chi connectivity index (χ1) is 21.9. The number of benzene rings is 3. The van der Waals surface area contributed by atoms with Crippen LogP contribution < -0.4 is 44.7 Å². The zero-order chi connectivity index (χ0) is 33.5. The fraction of sp³-hybridized carbons (Fsp3) is 0.278. The fourth-order valence-corrected chi connectivity index (χ4v) is 5.41. The molecule has 4 aromatic rings. The van der Waals surface area contributed by atoms with Crippen LogP contribution in [0.15, 0.2) is 78.9 Å². The molecule has 0 fully saturated rings. The van der Waals surface area contributed by atoms with Gasteiger partial charge in [-0.15, -0.1) is 0 Å². The number of aliphatic carboxylic acids is 1. The summed E-state index contributed by atoms with van der Waals surface area (Å²) in [4.78, 5) is 25.2. The zero-order valence-corrected chi connectivity index (χ0v) is 29.0. The van der Waals surface area contributed by atoms with Crippen molar-refractivity contribution >= 4 is 18.0 Å². The molecule has 0 bridgehead atoms. The van der Waals surface area contributed by atoms with E-state index in [0.29, 0.717) is 33.7 Å². The molecule has 1 aromatic heterocycles. The fourth-order valence-electron chi connectivity index (χ4n) is 5.41. The molecule has 242 valence electrons. The average molecular weight is 655 g/mol. The summed E-state index contributed by atoms with van der Waals surface area (Å²) < 4.78 is 35.2. The van der Waals surface area contributed by atoms with Gasteiger partial charge in [0.25, 0.3) is 5.91 Å². The van der Waals surface area contributed by atoms with Crippen LogP contribution in [0.5, 0.6) is 5.75 Å². The molecule has 8 nitrogen and oxygen atoms in total. The van der Waals surface area contributed by atoms with E-state index in [0.717, 1.165) is 5.56 Å². The number of nitrogens with zero attached hydrogens (tertiary/aromatic N) is 1. The number of aromatic nitrogens is 1. The second kappa shape index (κ2) is 16.9. The van der Waals surface area contributed by atoms with Gasteiger partial charge in [0.05, 0.1) is 25.4 Å². The van der Waals surface area contributed by atoms with Gasteiger partial charge < -0.3 is 34.7 Å². The Hall–Kier alpha value is -3.80. The molecule has 3 atom stereocenters. The van der Waals surface area contributed by atoms with E-state index in [4.69, 9.17) is 4.74 Å². The van der Waals surface area contributed by atoms with Crippen LogP contribution in [-0.2, 0) is 4.79 Å². The van der Waals surface area contributed by atoms with E-state index < -0.39 is 48.2 Å². The van der Waals surface area contributed by atoms with Gasteiger partial charge in [-0.2, -0.15) is 0 Å². The van der Waals surface area contributed by atoms with E-state index in [2.05, 4.69) is 5.32 Å². The average Bonchev–Trinajstić information content (AvgIpc) is 3.36. The predicted molar refractivity (Wildman–Crippen MR) is 170 cm³/mol.